The first-order valence-corrected chi connectivity index (χ1v) is 20.8. The highest BCUT2D eigenvalue weighted by atomic mass is 35.5. The van der Waals surface area contributed by atoms with E-state index in [4.69, 9.17) is 57.3 Å². The molecule has 0 fully saturated rings. The highest BCUT2D eigenvalue weighted by Crippen LogP contribution is 2.34. The molecule has 0 bridgehead atoms. The van der Waals surface area contributed by atoms with E-state index in [-0.39, 0.29) is 65.1 Å². The number of hydrogen-bond acceptors (Lipinski definition) is 14. The van der Waals surface area contributed by atoms with Crippen LogP contribution < -0.4 is 47.0 Å². The molecule has 6 aliphatic heterocycles. The third-order valence-corrected chi connectivity index (χ3v) is 10.3. The fourth-order valence-corrected chi connectivity index (χ4v) is 7.87. The summed E-state index contributed by atoms with van der Waals surface area (Å²) in [5.41, 5.74) is 13.0. The van der Waals surface area contributed by atoms with E-state index < -0.39 is 37.6 Å². The van der Waals surface area contributed by atoms with E-state index in [0.29, 0.717) is 59.3 Å². The lowest BCUT2D eigenvalue weighted by atomic mass is 9.76. The zero-order valence-corrected chi connectivity index (χ0v) is 38.7. The molecule has 6 heterocycles. The van der Waals surface area contributed by atoms with Crippen LogP contribution in [0.25, 0.3) is 0 Å². The number of nitrogens with one attached hydrogen (secondary N) is 2. The maximum Gasteiger partial charge on any atom is 0.498 e. The molecule has 65 heavy (non-hydrogen) atoms. The van der Waals surface area contributed by atoms with Crippen molar-refractivity contribution in [1.29, 1.82) is 0 Å². The number of aryl methyl sites for hydroxylation is 2. The molecular formula is C44H66B3Cl2N3O13. The van der Waals surface area contributed by atoms with Crippen molar-refractivity contribution in [1.82, 2.24) is 10.6 Å². The van der Waals surface area contributed by atoms with Gasteiger partial charge >= 0.3 is 33.5 Å². The minimum atomic E-state index is -0.526. The lowest BCUT2D eigenvalue weighted by Gasteiger charge is -2.21. The molecule has 3 aromatic rings. The quantitative estimate of drug-likeness (QED) is 0.279. The van der Waals surface area contributed by atoms with E-state index in [1.54, 1.807) is 0 Å². The van der Waals surface area contributed by atoms with E-state index in [0.717, 1.165) is 55.9 Å². The third-order valence-electron chi connectivity index (χ3n) is 10.3. The molecule has 2 amide bonds. The fourth-order valence-electron chi connectivity index (χ4n) is 7.87. The number of alkyl carbamates (subject to hydrolysis) is 2. The Bertz CT molecular complexity index is 2080. The standard InChI is InChI=1S/C16H22BNO5.C15H20BNO5.C11H14BNO3.2CH4.2ClH/c1-10-5-6-11-14-13(10)12(23-17(14)21-8-7-20-11)9-18-15(19)22-16(2,3)4;1-15(2,3)21-14(18)17-9-12-10-5-4-6-11-13(10)16(22-12)20-8-7-19-11;1-7-2-3-8-11-10(7)9(6-13)16-12(11)15-5-4-14-8;;;;/h5-6,12H,7-9H2,1-4H3,(H,18,19);4-6,12H,7-9H2,1-3H3,(H,17,18);2-3,9H,4-6,13H2,1H3;2*1H4;2*1H/t2*12-;9-;;;;/m111..../s1. The Hall–Kier alpha value is -3.91. The van der Waals surface area contributed by atoms with Crippen LogP contribution in [-0.2, 0) is 37.4 Å². The number of amides is 2. The zero-order chi connectivity index (χ0) is 43.5. The van der Waals surface area contributed by atoms with Crippen molar-refractivity contribution < 1.29 is 61.2 Å². The van der Waals surface area contributed by atoms with Gasteiger partial charge in [0.05, 0.1) is 38.1 Å². The maximum absolute atomic E-state index is 11.9. The molecule has 9 rings (SSSR count). The Morgan fingerprint density at radius 1 is 0.600 bits per heavy atom. The Morgan fingerprint density at radius 2 is 1.00 bits per heavy atom. The molecule has 6 aliphatic rings. The van der Waals surface area contributed by atoms with Crippen molar-refractivity contribution in [2.24, 2.45) is 5.73 Å². The Labute approximate surface area is 397 Å². The van der Waals surface area contributed by atoms with Gasteiger partial charge in [-0.15, -0.1) is 24.8 Å². The van der Waals surface area contributed by atoms with Gasteiger partial charge in [0.15, 0.2) is 0 Å². The predicted octanol–water partition coefficient (Wildman–Crippen LogP) is 5.33. The van der Waals surface area contributed by atoms with Gasteiger partial charge in [-0.1, -0.05) is 39.1 Å². The summed E-state index contributed by atoms with van der Waals surface area (Å²) in [6.07, 6.45) is -1.52. The molecule has 0 unspecified atom stereocenters. The smallest absolute Gasteiger partial charge is 0.492 e. The molecule has 4 N–H and O–H groups in total. The van der Waals surface area contributed by atoms with Crippen LogP contribution in [0.2, 0.25) is 0 Å². The maximum atomic E-state index is 11.9. The van der Waals surface area contributed by atoms with Crippen molar-refractivity contribution in [3.63, 3.8) is 0 Å². The molecule has 0 aliphatic carbocycles. The molecule has 358 valence electrons. The monoisotopic (exact) mass is 947 g/mol. The molecule has 3 atom stereocenters. The van der Waals surface area contributed by atoms with E-state index in [9.17, 15) is 9.59 Å². The van der Waals surface area contributed by atoms with E-state index in [1.165, 1.54) is 5.56 Å². The number of rotatable bonds is 5. The second-order valence-electron chi connectivity index (χ2n) is 17.2. The number of halogens is 2. The van der Waals surface area contributed by atoms with Crippen LogP contribution in [0, 0.1) is 13.8 Å². The molecule has 21 heteroatoms. The topological polar surface area (TPSA) is 186 Å². The van der Waals surface area contributed by atoms with Gasteiger partial charge < -0.3 is 68.0 Å². The van der Waals surface area contributed by atoms with Gasteiger partial charge in [-0.3, -0.25) is 0 Å². The number of benzene rings is 3. The van der Waals surface area contributed by atoms with Crippen LogP contribution in [0.1, 0.15) is 103 Å². The summed E-state index contributed by atoms with van der Waals surface area (Å²) in [7, 11) is -1.17. The van der Waals surface area contributed by atoms with Crippen molar-refractivity contribution in [3.8, 4) is 17.2 Å². The molecule has 16 nitrogen and oxygen atoms in total. The number of carbonyl (C=O) groups is 2. The largest absolute Gasteiger partial charge is 0.498 e. The second kappa shape index (κ2) is 23.7. The highest BCUT2D eigenvalue weighted by Gasteiger charge is 2.44. The van der Waals surface area contributed by atoms with Crippen molar-refractivity contribution in [2.45, 2.75) is 99.8 Å². The van der Waals surface area contributed by atoms with Gasteiger partial charge in [-0.05, 0) is 101 Å². The summed E-state index contributed by atoms with van der Waals surface area (Å²) >= 11 is 0. The average Bonchev–Trinajstić information content (AvgIpc) is 3.70. The normalized spacial score (nSPS) is 19.3. The first kappa shape index (κ1) is 55.4. The molecule has 0 spiro atoms. The Kier molecular flexibility index (Phi) is 20.2. The molecule has 3 aromatic carbocycles. The molecular weight excluding hydrogens is 882 g/mol. The summed E-state index contributed by atoms with van der Waals surface area (Å²) in [6.45, 7) is 19.3. The van der Waals surface area contributed by atoms with Crippen LogP contribution in [0.3, 0.4) is 0 Å². The van der Waals surface area contributed by atoms with E-state index in [2.05, 4.69) is 17.6 Å². The number of nitrogens with two attached hydrogens (primary N) is 1. The number of ether oxygens (including phenoxy) is 5. The summed E-state index contributed by atoms with van der Waals surface area (Å²) in [4.78, 5) is 23.6. The second-order valence-corrected chi connectivity index (χ2v) is 17.2. The third kappa shape index (κ3) is 13.4. The van der Waals surface area contributed by atoms with Crippen LogP contribution >= 0.6 is 24.8 Å². The lowest BCUT2D eigenvalue weighted by molar-refractivity contribution is 0.0485. The van der Waals surface area contributed by atoms with Gasteiger partial charge in [-0.2, -0.15) is 0 Å². The van der Waals surface area contributed by atoms with Gasteiger partial charge in [0.1, 0.15) is 48.3 Å². The highest BCUT2D eigenvalue weighted by molar-refractivity contribution is 6.65. The van der Waals surface area contributed by atoms with Gasteiger partial charge in [0.25, 0.3) is 0 Å². The first-order valence-electron chi connectivity index (χ1n) is 20.8. The minimum absolute atomic E-state index is 0. The summed E-state index contributed by atoms with van der Waals surface area (Å²) in [6, 6.07) is 13.8. The Balaban J connectivity index is 0.000000255. The Morgan fingerprint density at radius 3 is 1.46 bits per heavy atom. The summed E-state index contributed by atoms with van der Waals surface area (Å²) in [5.74, 6) is 2.46. The van der Waals surface area contributed by atoms with Gasteiger partial charge in [0.2, 0.25) is 0 Å². The minimum Gasteiger partial charge on any atom is -0.492 e. The van der Waals surface area contributed by atoms with Crippen LogP contribution in [-0.4, -0.2) is 104 Å². The lowest BCUT2D eigenvalue weighted by Crippen LogP contribution is -2.35. The fraction of sp³-hybridized carbons (Fsp3) is 0.545. The molecule has 0 radical (unpaired) electrons. The predicted molar refractivity (Wildman–Crippen MR) is 256 cm³/mol. The number of carbonyl (C=O) groups excluding carboxylic acids is 2. The van der Waals surface area contributed by atoms with Crippen molar-refractivity contribution in [3.05, 3.63) is 70.3 Å². The van der Waals surface area contributed by atoms with Crippen molar-refractivity contribution >= 4 is 74.7 Å². The van der Waals surface area contributed by atoms with Crippen LogP contribution in [0.5, 0.6) is 17.2 Å². The van der Waals surface area contributed by atoms with E-state index in [1.807, 2.05) is 90.9 Å². The first-order chi connectivity index (χ1) is 29.1. The van der Waals surface area contributed by atoms with E-state index >= 15 is 0 Å². The summed E-state index contributed by atoms with van der Waals surface area (Å²) in [5, 5.41) is 5.51. The van der Waals surface area contributed by atoms with Crippen LogP contribution in [0.4, 0.5) is 9.59 Å². The molecule has 0 saturated carbocycles. The summed E-state index contributed by atoms with van der Waals surface area (Å²) < 4.78 is 62.2. The van der Waals surface area contributed by atoms with Gasteiger partial charge in [-0.25, -0.2) is 9.59 Å². The average molecular weight is 948 g/mol. The zero-order valence-electron chi connectivity index (χ0n) is 37.1. The van der Waals surface area contributed by atoms with Gasteiger partial charge in [0, 0.05) is 36.0 Å². The SMILES string of the molecule is C.C.CC(C)(C)OC(=O)NC[C@H]1OB2OCCOc3cccc1c32.Cc1ccc2c3c1[C@@H](CN)OB3OCCO2.Cc1ccc2c3c1[C@@H](CNC(=O)OC(C)(C)C)OB3OCCO2.Cl.Cl. The number of hydrogen-bond donors (Lipinski definition) is 3. The van der Waals surface area contributed by atoms with Crippen molar-refractivity contribution in [2.75, 3.05) is 59.3 Å². The molecule has 0 aromatic heterocycles. The molecule has 0 saturated heterocycles. The van der Waals surface area contributed by atoms with Crippen LogP contribution in [0.15, 0.2) is 42.5 Å².